The van der Waals surface area contributed by atoms with Crippen LogP contribution in [0, 0.1) is 16.7 Å². The van der Waals surface area contributed by atoms with E-state index in [0.29, 0.717) is 11.1 Å². The standard InChI is InChI=1S/C56H59NO16/c1-31-39(70-51(65)45(71-52(69-33(3)59)38-26-18-11-19-27-38)43(35-20-12-8-13-21-35)57-49(63)36-22-14-9-15-23-36)29-56(66)48(72-50(64)37-24-16-10-17-25-37)46-54(7,40(61)28-41-55(46,30-67-41)73-34(4)60)47(62)44(68-32(2)58)42(31)53(56,5)6/h8-27,39-41,43-46,48,52,61,66H,28-30H2,1-7H3,(H,57,63)/t39-,40-,41+,43-,44+,45+,46?,48-,52?,54+,55-,56+/m0/s1. The van der Waals surface area contributed by atoms with E-state index in [-0.39, 0.29) is 35.3 Å². The number of carbonyl (C=O) groups is 7. The summed E-state index contributed by atoms with van der Waals surface area (Å²) in [6.07, 6.45) is -12.2. The summed E-state index contributed by atoms with van der Waals surface area (Å²) >= 11 is 0. The van der Waals surface area contributed by atoms with Gasteiger partial charge in [0.15, 0.2) is 23.6 Å². The third kappa shape index (κ3) is 9.58. The van der Waals surface area contributed by atoms with E-state index in [1.165, 1.54) is 26.0 Å². The van der Waals surface area contributed by atoms with Crippen LogP contribution in [-0.4, -0.2) is 106 Å². The van der Waals surface area contributed by atoms with Crippen molar-refractivity contribution in [3.63, 3.8) is 0 Å². The van der Waals surface area contributed by atoms with Gasteiger partial charge in [-0.2, -0.15) is 0 Å². The minimum Gasteiger partial charge on any atom is -0.456 e. The number of nitrogens with one attached hydrogen (secondary N) is 1. The molecular formula is C56H59NO16. The molecule has 12 atom stereocenters. The molecule has 17 heteroatoms. The molecule has 3 fully saturated rings. The van der Waals surface area contributed by atoms with Crippen molar-refractivity contribution in [2.75, 3.05) is 6.61 Å². The molecule has 2 saturated carbocycles. The van der Waals surface area contributed by atoms with Crippen molar-refractivity contribution >= 4 is 41.5 Å². The van der Waals surface area contributed by atoms with Crippen molar-refractivity contribution in [2.45, 2.75) is 121 Å². The van der Waals surface area contributed by atoms with Crippen molar-refractivity contribution in [3.8, 4) is 0 Å². The van der Waals surface area contributed by atoms with Crippen LogP contribution >= 0.6 is 0 Å². The van der Waals surface area contributed by atoms with Crippen molar-refractivity contribution in [3.05, 3.63) is 155 Å². The summed E-state index contributed by atoms with van der Waals surface area (Å²) in [7, 11) is 0. The summed E-state index contributed by atoms with van der Waals surface area (Å²) in [6, 6.07) is 31.3. The lowest BCUT2D eigenvalue weighted by atomic mass is 9.44. The number of hydrogen-bond acceptors (Lipinski definition) is 16. The second-order valence-electron chi connectivity index (χ2n) is 19.8. The number of amides is 1. The van der Waals surface area contributed by atoms with Gasteiger partial charge in [0.1, 0.15) is 23.9 Å². The smallest absolute Gasteiger partial charge is 0.338 e. The molecule has 0 aromatic heterocycles. The third-order valence-electron chi connectivity index (χ3n) is 15.1. The minimum absolute atomic E-state index is 0.0306. The molecule has 73 heavy (non-hydrogen) atoms. The fraction of sp³-hybridized carbons (Fsp3) is 0.411. The van der Waals surface area contributed by atoms with Gasteiger partial charge in [-0.25, -0.2) is 9.59 Å². The van der Waals surface area contributed by atoms with E-state index in [9.17, 15) is 34.2 Å². The Morgan fingerprint density at radius 2 is 1.29 bits per heavy atom. The van der Waals surface area contributed by atoms with Crippen molar-refractivity contribution in [1.29, 1.82) is 0 Å². The second-order valence-corrected chi connectivity index (χ2v) is 19.8. The highest BCUT2D eigenvalue weighted by atomic mass is 16.7. The summed E-state index contributed by atoms with van der Waals surface area (Å²) in [5.74, 6) is -7.70. The van der Waals surface area contributed by atoms with Crippen molar-refractivity contribution < 1.29 is 76.9 Å². The molecule has 1 heterocycles. The van der Waals surface area contributed by atoms with Gasteiger partial charge in [-0.15, -0.1) is 0 Å². The van der Waals surface area contributed by atoms with E-state index in [4.69, 9.17) is 33.2 Å². The highest BCUT2D eigenvalue weighted by Gasteiger charge is 2.78. The number of ether oxygens (including phenoxy) is 7. The average molecular weight is 1000 g/mol. The molecule has 3 N–H and O–H groups in total. The molecular weight excluding hydrogens is 943 g/mol. The van der Waals surface area contributed by atoms with Crippen LogP contribution in [0.15, 0.2) is 132 Å². The Morgan fingerprint density at radius 3 is 1.82 bits per heavy atom. The molecule has 0 radical (unpaired) electrons. The lowest BCUT2D eigenvalue weighted by Crippen LogP contribution is -2.82. The number of carbonyl (C=O) groups excluding carboxylic acids is 7. The van der Waals surface area contributed by atoms with Crippen molar-refractivity contribution in [2.24, 2.45) is 16.7 Å². The molecule has 1 aliphatic heterocycles. The third-order valence-corrected chi connectivity index (χ3v) is 15.1. The maximum absolute atomic E-state index is 15.8. The number of aliphatic hydroxyl groups is 2. The van der Waals surface area contributed by atoms with Crippen LogP contribution < -0.4 is 5.32 Å². The zero-order valence-corrected chi connectivity index (χ0v) is 41.5. The molecule has 0 spiro atoms. The summed E-state index contributed by atoms with van der Waals surface area (Å²) in [4.78, 5) is 99.2. The van der Waals surface area contributed by atoms with Crippen LogP contribution in [-0.2, 0) is 57.1 Å². The first-order valence-electron chi connectivity index (χ1n) is 24.0. The first kappa shape index (κ1) is 52.3. The topological polar surface area (TPSA) is 237 Å². The Labute approximate surface area is 422 Å². The molecule has 3 aliphatic carbocycles. The van der Waals surface area contributed by atoms with Crippen LogP contribution in [0.3, 0.4) is 0 Å². The van der Waals surface area contributed by atoms with E-state index >= 15 is 9.59 Å². The molecule has 4 aromatic carbocycles. The van der Waals surface area contributed by atoms with E-state index in [1.807, 2.05) is 0 Å². The van der Waals surface area contributed by atoms with E-state index < -0.39 is 125 Å². The highest BCUT2D eigenvalue weighted by Crippen LogP contribution is 2.64. The van der Waals surface area contributed by atoms with Gasteiger partial charge >= 0.3 is 29.8 Å². The fourth-order valence-electron chi connectivity index (χ4n) is 11.4. The normalized spacial score (nSPS) is 29.1. The van der Waals surface area contributed by atoms with Gasteiger partial charge in [0, 0.05) is 50.2 Å². The average Bonchev–Trinajstić information content (AvgIpc) is 3.36. The molecule has 384 valence electrons. The van der Waals surface area contributed by atoms with Crippen LogP contribution in [0.1, 0.15) is 105 Å². The fourth-order valence-corrected chi connectivity index (χ4v) is 11.4. The quantitative estimate of drug-likeness (QED) is 0.0567. The van der Waals surface area contributed by atoms with Gasteiger partial charge in [0.2, 0.25) is 6.29 Å². The maximum Gasteiger partial charge on any atom is 0.338 e. The zero-order valence-electron chi connectivity index (χ0n) is 41.5. The highest BCUT2D eigenvalue weighted by molar-refractivity contribution is 5.96. The van der Waals surface area contributed by atoms with Gasteiger partial charge < -0.3 is 48.7 Å². The number of Topliss-reactive ketones (excluding diaryl/α,β-unsaturated/α-hetero) is 1. The summed E-state index contributed by atoms with van der Waals surface area (Å²) in [6.45, 7) is 9.10. The van der Waals surface area contributed by atoms with Crippen LogP contribution in [0.25, 0.3) is 0 Å². The number of benzene rings is 4. The Balaban J connectivity index is 1.33. The zero-order chi connectivity index (χ0) is 52.6. The molecule has 2 unspecified atom stereocenters. The number of ketones is 1. The summed E-state index contributed by atoms with van der Waals surface area (Å²) < 4.78 is 43.3. The monoisotopic (exact) mass is 1000 g/mol. The van der Waals surface area contributed by atoms with Gasteiger partial charge in [0.25, 0.3) is 5.91 Å². The molecule has 1 saturated heterocycles. The van der Waals surface area contributed by atoms with Gasteiger partial charge in [-0.3, -0.25) is 24.0 Å². The van der Waals surface area contributed by atoms with Crippen LogP contribution in [0.2, 0.25) is 0 Å². The predicted molar refractivity (Wildman–Crippen MR) is 258 cm³/mol. The predicted octanol–water partition coefficient (Wildman–Crippen LogP) is 6.02. The van der Waals surface area contributed by atoms with Gasteiger partial charge in [-0.05, 0) is 54.8 Å². The van der Waals surface area contributed by atoms with E-state index in [0.717, 1.165) is 20.8 Å². The lowest BCUT2D eigenvalue weighted by Gasteiger charge is -2.67. The largest absolute Gasteiger partial charge is 0.456 e. The van der Waals surface area contributed by atoms with Crippen LogP contribution in [0.5, 0.6) is 0 Å². The number of rotatable bonds is 14. The maximum atomic E-state index is 15.8. The first-order valence-corrected chi connectivity index (χ1v) is 24.0. The first-order chi connectivity index (χ1) is 34.6. The second kappa shape index (κ2) is 20.5. The molecule has 2 bridgehead atoms. The minimum atomic E-state index is -2.46. The van der Waals surface area contributed by atoms with Crippen LogP contribution in [0.4, 0.5) is 0 Å². The number of fused-ring (bicyclic) bond motifs is 5. The number of esters is 5. The summed E-state index contributed by atoms with van der Waals surface area (Å²) in [5, 5.41) is 29.2. The molecule has 4 aromatic rings. The lowest BCUT2D eigenvalue weighted by molar-refractivity contribution is -0.346. The Morgan fingerprint density at radius 1 is 0.726 bits per heavy atom. The number of aliphatic hydroxyl groups excluding tert-OH is 1. The SMILES string of the molecule is CC(=O)OC(O[C@@H](C(=O)O[C@H]1C[C@@]2(O)[C@@H](OC(=O)c3ccccc3)C3[C@](C)(C(=O)[C@H](OC(C)=O)C(=C1C)C2(C)C)[C@@H](O)C[C@H]1OC[C@@]31OC(C)=O)[C@@H](NC(=O)c1ccccc1)c1ccccc1)c1ccccc1. The Bertz CT molecular complexity index is 2780. The van der Waals surface area contributed by atoms with E-state index in [1.54, 1.807) is 123 Å². The number of hydrogen-bond donors (Lipinski definition) is 3. The Kier molecular flexibility index (Phi) is 14.6. The Hall–Kier alpha value is -7.05. The van der Waals surface area contributed by atoms with Gasteiger partial charge in [0.05, 0.1) is 35.6 Å². The van der Waals surface area contributed by atoms with Gasteiger partial charge in [-0.1, -0.05) is 111 Å². The molecule has 17 nitrogen and oxygen atoms in total. The van der Waals surface area contributed by atoms with Crippen molar-refractivity contribution in [1.82, 2.24) is 5.32 Å². The molecule has 8 rings (SSSR count). The summed E-state index contributed by atoms with van der Waals surface area (Å²) in [5.41, 5.74) is -7.04. The molecule has 1 amide bonds. The molecule has 4 aliphatic rings. The van der Waals surface area contributed by atoms with E-state index in [2.05, 4.69) is 5.32 Å².